The maximum absolute atomic E-state index is 12.4. The third-order valence-corrected chi connectivity index (χ3v) is 5.41. The van der Waals surface area contributed by atoms with Gasteiger partial charge < -0.3 is 10.6 Å². The highest BCUT2D eigenvalue weighted by Crippen LogP contribution is 2.22. The van der Waals surface area contributed by atoms with Crippen LogP contribution in [0.5, 0.6) is 0 Å². The van der Waals surface area contributed by atoms with Crippen LogP contribution in [0.4, 0.5) is 0 Å². The number of sulfonamides is 1. The van der Waals surface area contributed by atoms with Crippen LogP contribution in [0.3, 0.4) is 0 Å². The molecule has 1 aromatic rings. The summed E-state index contributed by atoms with van der Waals surface area (Å²) in [4.78, 5) is 14.2. The Labute approximate surface area is 150 Å². The molecule has 0 bridgehead atoms. The van der Waals surface area contributed by atoms with E-state index in [1.165, 1.54) is 12.1 Å². The van der Waals surface area contributed by atoms with E-state index in [1.807, 2.05) is 13.8 Å². The van der Waals surface area contributed by atoms with Crippen molar-refractivity contribution in [2.45, 2.75) is 37.6 Å². The summed E-state index contributed by atoms with van der Waals surface area (Å²) in [5.41, 5.74) is 5.99. The topological polar surface area (TPSA) is 92.5 Å². The maximum atomic E-state index is 12.4. The number of carbonyl (C=O) groups is 1. The van der Waals surface area contributed by atoms with Gasteiger partial charge in [-0.1, -0.05) is 13.8 Å². The van der Waals surface area contributed by atoms with E-state index in [4.69, 9.17) is 5.73 Å². The number of hydrogen-bond donors (Lipinski definition) is 2. The molecule has 0 spiro atoms. The number of nitrogens with one attached hydrogen (secondary N) is 1. The Balaban J connectivity index is 0.00000288. The van der Waals surface area contributed by atoms with E-state index in [-0.39, 0.29) is 34.7 Å². The number of nitrogens with zero attached hydrogens (tertiary/aromatic N) is 1. The van der Waals surface area contributed by atoms with Gasteiger partial charge >= 0.3 is 0 Å². The molecule has 0 atom stereocenters. The lowest BCUT2D eigenvalue weighted by atomic mass is 9.93. The zero-order chi connectivity index (χ0) is 17.3. The number of nitrogens with two attached hydrogens (primary N) is 1. The molecule has 3 N–H and O–H groups in total. The summed E-state index contributed by atoms with van der Waals surface area (Å²) in [6.45, 7) is 5.01. The molecular weight excluding hydrogens is 350 g/mol. The lowest BCUT2D eigenvalue weighted by molar-refractivity contribution is 0.0740. The van der Waals surface area contributed by atoms with Crippen LogP contribution in [0.15, 0.2) is 29.2 Å². The van der Waals surface area contributed by atoms with Crippen LogP contribution < -0.4 is 10.5 Å². The minimum atomic E-state index is -3.48. The Morgan fingerprint density at radius 1 is 1.29 bits per heavy atom. The van der Waals surface area contributed by atoms with Gasteiger partial charge in [0.2, 0.25) is 10.0 Å². The van der Waals surface area contributed by atoms with Crippen LogP contribution in [0.2, 0.25) is 0 Å². The van der Waals surface area contributed by atoms with Crippen LogP contribution in [-0.2, 0) is 10.0 Å². The van der Waals surface area contributed by atoms with E-state index >= 15 is 0 Å². The molecule has 0 aromatic heterocycles. The Hall–Kier alpha value is -1.15. The molecular formula is C16H26ClN3O3S. The number of amides is 1. The highest BCUT2D eigenvalue weighted by Gasteiger charge is 2.28. The smallest absolute Gasteiger partial charge is 0.253 e. The third-order valence-electron chi connectivity index (χ3n) is 3.88. The molecule has 0 heterocycles. The summed E-state index contributed by atoms with van der Waals surface area (Å²) in [7, 11) is -1.76. The Bertz CT molecular complexity index is 670. The lowest BCUT2D eigenvalue weighted by Gasteiger charge is -2.29. The molecule has 24 heavy (non-hydrogen) atoms. The van der Waals surface area contributed by atoms with E-state index in [1.54, 1.807) is 24.1 Å². The maximum Gasteiger partial charge on any atom is 0.253 e. The van der Waals surface area contributed by atoms with Crippen LogP contribution in [0.1, 0.15) is 37.0 Å². The normalized spacial score (nSPS) is 14.8. The second-order valence-corrected chi connectivity index (χ2v) is 8.66. The summed E-state index contributed by atoms with van der Waals surface area (Å²) < 4.78 is 26.8. The number of halogens is 1. The minimum Gasteiger partial charge on any atom is -0.341 e. The van der Waals surface area contributed by atoms with Crippen molar-refractivity contribution in [2.75, 3.05) is 20.1 Å². The monoisotopic (exact) mass is 375 g/mol. The Kier molecular flexibility index (Phi) is 6.81. The average molecular weight is 376 g/mol. The quantitative estimate of drug-likeness (QED) is 0.757. The molecule has 0 unspecified atom stereocenters. The van der Waals surface area contributed by atoms with Crippen molar-refractivity contribution >= 4 is 28.3 Å². The molecule has 0 aliphatic heterocycles. The minimum absolute atomic E-state index is 0. The summed E-state index contributed by atoms with van der Waals surface area (Å²) in [6, 6.07) is 6.11. The van der Waals surface area contributed by atoms with Crippen LogP contribution in [-0.4, -0.2) is 45.4 Å². The summed E-state index contributed by atoms with van der Waals surface area (Å²) in [6.07, 6.45) is 1.77. The molecule has 0 saturated heterocycles. The second kappa shape index (κ2) is 7.82. The van der Waals surface area contributed by atoms with Crippen LogP contribution in [0.25, 0.3) is 0 Å². The SMILES string of the molecule is CN(CC(C)(C)CN)C(=O)c1ccc(S(=O)(=O)NC2CC2)cc1.Cl. The van der Waals surface area contributed by atoms with Gasteiger partial charge in [0, 0.05) is 25.2 Å². The van der Waals surface area contributed by atoms with Crippen molar-refractivity contribution < 1.29 is 13.2 Å². The number of rotatable bonds is 7. The summed E-state index contributed by atoms with van der Waals surface area (Å²) in [5, 5.41) is 0. The van der Waals surface area contributed by atoms with Gasteiger partial charge in [-0.2, -0.15) is 0 Å². The van der Waals surface area contributed by atoms with Crippen molar-refractivity contribution in [1.29, 1.82) is 0 Å². The van der Waals surface area contributed by atoms with Crippen molar-refractivity contribution in [3.05, 3.63) is 29.8 Å². The largest absolute Gasteiger partial charge is 0.341 e. The molecule has 1 amide bonds. The van der Waals surface area contributed by atoms with Crippen molar-refractivity contribution in [3.8, 4) is 0 Å². The first-order valence-electron chi connectivity index (χ1n) is 7.72. The standard InChI is InChI=1S/C16H25N3O3S.ClH/c1-16(2,10-17)11-19(3)15(20)12-4-8-14(9-5-12)23(21,22)18-13-6-7-13;/h4-5,8-9,13,18H,6-7,10-11,17H2,1-3H3;1H. The van der Waals surface area contributed by atoms with E-state index in [2.05, 4.69) is 4.72 Å². The van der Waals surface area contributed by atoms with Crippen LogP contribution >= 0.6 is 12.4 Å². The first kappa shape index (κ1) is 20.9. The van der Waals surface area contributed by atoms with Gasteiger partial charge in [0.1, 0.15) is 0 Å². The zero-order valence-corrected chi connectivity index (χ0v) is 15.9. The first-order valence-corrected chi connectivity index (χ1v) is 9.21. The summed E-state index contributed by atoms with van der Waals surface area (Å²) >= 11 is 0. The predicted octanol–water partition coefficient (Wildman–Crippen LogP) is 1.61. The fourth-order valence-electron chi connectivity index (χ4n) is 2.26. The molecule has 136 valence electrons. The first-order chi connectivity index (χ1) is 10.6. The lowest BCUT2D eigenvalue weighted by Crippen LogP contribution is -2.39. The molecule has 0 radical (unpaired) electrons. The van der Waals surface area contributed by atoms with Gasteiger partial charge in [-0.05, 0) is 49.1 Å². The number of carbonyl (C=O) groups excluding carboxylic acids is 1. The average Bonchev–Trinajstić information content (AvgIpc) is 3.29. The number of benzene rings is 1. The molecule has 1 fully saturated rings. The van der Waals surface area contributed by atoms with Crippen molar-refractivity contribution in [3.63, 3.8) is 0 Å². The Morgan fingerprint density at radius 2 is 1.83 bits per heavy atom. The van der Waals surface area contributed by atoms with E-state index in [0.717, 1.165) is 12.8 Å². The zero-order valence-electron chi connectivity index (χ0n) is 14.3. The molecule has 2 rings (SSSR count). The van der Waals surface area contributed by atoms with Crippen molar-refractivity contribution in [2.24, 2.45) is 11.1 Å². The van der Waals surface area contributed by atoms with Gasteiger partial charge in [-0.3, -0.25) is 4.79 Å². The highest BCUT2D eigenvalue weighted by molar-refractivity contribution is 7.89. The molecule has 1 aliphatic carbocycles. The summed E-state index contributed by atoms with van der Waals surface area (Å²) in [5.74, 6) is -0.148. The van der Waals surface area contributed by atoms with Crippen molar-refractivity contribution in [1.82, 2.24) is 9.62 Å². The molecule has 1 aliphatic rings. The van der Waals surface area contributed by atoms with Gasteiger partial charge in [-0.25, -0.2) is 13.1 Å². The molecule has 8 heteroatoms. The van der Waals surface area contributed by atoms with E-state index in [9.17, 15) is 13.2 Å². The third kappa shape index (κ3) is 5.44. The fraction of sp³-hybridized carbons (Fsp3) is 0.562. The fourth-order valence-corrected chi connectivity index (χ4v) is 3.57. The number of hydrogen-bond acceptors (Lipinski definition) is 4. The molecule has 1 saturated carbocycles. The van der Waals surface area contributed by atoms with Gasteiger partial charge in [-0.15, -0.1) is 12.4 Å². The van der Waals surface area contributed by atoms with E-state index < -0.39 is 10.0 Å². The van der Waals surface area contributed by atoms with Crippen LogP contribution in [0, 0.1) is 5.41 Å². The Morgan fingerprint density at radius 3 is 2.29 bits per heavy atom. The molecule has 6 nitrogen and oxygen atoms in total. The molecule has 1 aromatic carbocycles. The van der Waals surface area contributed by atoms with E-state index in [0.29, 0.717) is 18.7 Å². The second-order valence-electron chi connectivity index (χ2n) is 6.95. The predicted molar refractivity (Wildman–Crippen MR) is 96.8 cm³/mol. The van der Waals surface area contributed by atoms with Gasteiger partial charge in [0.15, 0.2) is 0 Å². The van der Waals surface area contributed by atoms with Gasteiger partial charge in [0.05, 0.1) is 4.90 Å². The highest BCUT2D eigenvalue weighted by atomic mass is 35.5. The van der Waals surface area contributed by atoms with Gasteiger partial charge in [0.25, 0.3) is 5.91 Å².